The van der Waals surface area contributed by atoms with E-state index in [0.29, 0.717) is 12.6 Å². The van der Waals surface area contributed by atoms with E-state index in [1.165, 1.54) is 31.8 Å². The molecule has 16 heavy (non-hydrogen) atoms. The summed E-state index contributed by atoms with van der Waals surface area (Å²) >= 11 is 0. The lowest BCUT2D eigenvalue weighted by Gasteiger charge is -2.11. The van der Waals surface area contributed by atoms with Gasteiger partial charge in [-0.25, -0.2) is 4.79 Å². The zero-order valence-corrected chi connectivity index (χ0v) is 10.8. The average Bonchev–Trinajstić information content (AvgIpc) is 2.25. The first-order valence-electron chi connectivity index (χ1n) is 6.27. The number of carbonyl (C=O) groups excluding carboxylic acids is 1. The Morgan fingerprint density at radius 3 is 2.75 bits per heavy atom. The number of unbranched alkanes of at least 4 members (excludes halogenated alkanes) is 2. The Morgan fingerprint density at radius 1 is 1.38 bits per heavy atom. The fourth-order valence-corrected chi connectivity index (χ4v) is 1.42. The molecule has 94 valence electrons. The van der Waals surface area contributed by atoms with Gasteiger partial charge in [0.05, 0.1) is 6.61 Å². The van der Waals surface area contributed by atoms with E-state index in [1.54, 1.807) is 6.92 Å². The molecule has 0 fully saturated rings. The monoisotopic (exact) mass is 227 g/mol. The van der Waals surface area contributed by atoms with Crippen LogP contribution < -0.4 is 5.32 Å². The van der Waals surface area contributed by atoms with Gasteiger partial charge in [-0.2, -0.15) is 0 Å². The molecule has 3 heteroatoms. The Labute approximate surface area is 99.3 Å². The highest BCUT2D eigenvalue weighted by molar-refractivity contribution is 5.81. The van der Waals surface area contributed by atoms with Gasteiger partial charge < -0.3 is 10.1 Å². The molecule has 1 unspecified atom stereocenters. The van der Waals surface area contributed by atoms with Crippen LogP contribution in [0.2, 0.25) is 0 Å². The second-order valence-electron chi connectivity index (χ2n) is 3.96. The molecule has 0 spiro atoms. The predicted molar refractivity (Wildman–Crippen MR) is 67.4 cm³/mol. The van der Waals surface area contributed by atoms with E-state index in [0.717, 1.165) is 6.54 Å². The summed E-state index contributed by atoms with van der Waals surface area (Å²) in [4.78, 5) is 11.0. The van der Waals surface area contributed by atoms with E-state index in [4.69, 9.17) is 4.74 Å². The molecule has 0 heterocycles. The molecular formula is C13H25NO2. The number of ether oxygens (including phenoxy) is 1. The molecule has 0 bridgehead atoms. The van der Waals surface area contributed by atoms with Crippen molar-refractivity contribution in [3.63, 3.8) is 0 Å². The summed E-state index contributed by atoms with van der Waals surface area (Å²) in [6.45, 7) is 7.35. The first-order chi connectivity index (χ1) is 7.70. The van der Waals surface area contributed by atoms with Crippen molar-refractivity contribution in [2.75, 3.05) is 13.2 Å². The fourth-order valence-electron chi connectivity index (χ4n) is 1.42. The van der Waals surface area contributed by atoms with Gasteiger partial charge in [-0.1, -0.05) is 32.3 Å². The van der Waals surface area contributed by atoms with Crippen LogP contribution in [-0.4, -0.2) is 25.2 Å². The van der Waals surface area contributed by atoms with Crippen molar-refractivity contribution in [1.29, 1.82) is 0 Å². The van der Waals surface area contributed by atoms with E-state index < -0.39 is 0 Å². The summed E-state index contributed by atoms with van der Waals surface area (Å²) in [5.41, 5.74) is 0. The van der Waals surface area contributed by atoms with Crippen LogP contribution >= 0.6 is 0 Å². The van der Waals surface area contributed by atoms with E-state index >= 15 is 0 Å². The van der Waals surface area contributed by atoms with Crippen LogP contribution in [0, 0.1) is 0 Å². The zero-order chi connectivity index (χ0) is 12.2. The van der Waals surface area contributed by atoms with E-state index in [-0.39, 0.29) is 5.97 Å². The Bertz CT molecular complexity index is 202. The first kappa shape index (κ1) is 15.2. The van der Waals surface area contributed by atoms with Gasteiger partial charge in [0.25, 0.3) is 0 Å². The number of hydrogen-bond acceptors (Lipinski definition) is 3. The third kappa shape index (κ3) is 9.71. The van der Waals surface area contributed by atoms with Crippen molar-refractivity contribution in [2.24, 2.45) is 0 Å². The van der Waals surface area contributed by atoms with Crippen LogP contribution in [0.4, 0.5) is 0 Å². The molecule has 0 rings (SSSR count). The summed E-state index contributed by atoms with van der Waals surface area (Å²) in [6, 6.07) is 0.512. The molecule has 0 saturated heterocycles. The smallest absolute Gasteiger partial charge is 0.330 e. The first-order valence-corrected chi connectivity index (χ1v) is 6.27. The van der Waals surface area contributed by atoms with Crippen molar-refractivity contribution < 1.29 is 9.53 Å². The summed E-state index contributed by atoms with van der Waals surface area (Å²) < 4.78 is 4.77. The highest BCUT2D eigenvalue weighted by atomic mass is 16.5. The molecule has 0 amide bonds. The molecule has 1 atom stereocenters. The van der Waals surface area contributed by atoms with Crippen molar-refractivity contribution in [3.05, 3.63) is 12.2 Å². The normalized spacial score (nSPS) is 12.9. The standard InChI is InChI=1S/C13H25NO2/c1-4-6-7-9-12(3)14-11-8-10-13(15)16-5-2/h8,10,12,14H,4-7,9,11H2,1-3H3/b10-8+. The molecule has 0 saturated carbocycles. The van der Waals surface area contributed by atoms with Gasteiger partial charge in [-0.15, -0.1) is 0 Å². The lowest BCUT2D eigenvalue weighted by atomic mass is 10.1. The molecule has 0 radical (unpaired) electrons. The number of rotatable bonds is 9. The minimum atomic E-state index is -0.261. The number of esters is 1. The van der Waals surface area contributed by atoms with Gasteiger partial charge in [0.1, 0.15) is 0 Å². The third-order valence-electron chi connectivity index (χ3n) is 2.37. The van der Waals surface area contributed by atoms with Gasteiger partial charge in [-0.05, 0) is 20.3 Å². The van der Waals surface area contributed by atoms with Gasteiger partial charge in [0.15, 0.2) is 0 Å². The van der Waals surface area contributed by atoms with Gasteiger partial charge >= 0.3 is 5.97 Å². The molecule has 0 aliphatic carbocycles. The molecule has 0 aliphatic heterocycles. The van der Waals surface area contributed by atoms with Crippen LogP contribution in [0.1, 0.15) is 46.5 Å². The lowest BCUT2D eigenvalue weighted by molar-refractivity contribution is -0.137. The fraction of sp³-hybridized carbons (Fsp3) is 0.769. The Kier molecular flexibility index (Phi) is 10.1. The van der Waals surface area contributed by atoms with Crippen molar-refractivity contribution in [2.45, 2.75) is 52.5 Å². The molecule has 0 aliphatic rings. The Hall–Kier alpha value is -0.830. The zero-order valence-electron chi connectivity index (χ0n) is 10.8. The number of carbonyl (C=O) groups is 1. The van der Waals surface area contributed by atoms with Gasteiger partial charge in [-0.3, -0.25) is 0 Å². The van der Waals surface area contributed by atoms with Crippen LogP contribution in [0.3, 0.4) is 0 Å². The minimum Gasteiger partial charge on any atom is -0.463 e. The summed E-state index contributed by atoms with van der Waals surface area (Å²) in [5, 5.41) is 3.34. The number of nitrogens with one attached hydrogen (secondary N) is 1. The Balaban J connectivity index is 3.45. The topological polar surface area (TPSA) is 38.3 Å². The predicted octanol–water partition coefficient (Wildman–Crippen LogP) is 2.66. The maximum Gasteiger partial charge on any atom is 0.330 e. The van der Waals surface area contributed by atoms with Crippen LogP contribution in [-0.2, 0) is 9.53 Å². The lowest BCUT2D eigenvalue weighted by Crippen LogP contribution is -2.26. The Morgan fingerprint density at radius 2 is 2.12 bits per heavy atom. The van der Waals surface area contributed by atoms with Crippen LogP contribution in [0.15, 0.2) is 12.2 Å². The summed E-state index contributed by atoms with van der Waals surface area (Å²) in [6.07, 6.45) is 8.32. The van der Waals surface area contributed by atoms with Crippen molar-refractivity contribution >= 4 is 5.97 Å². The van der Waals surface area contributed by atoms with E-state index in [2.05, 4.69) is 19.2 Å². The minimum absolute atomic E-state index is 0.261. The van der Waals surface area contributed by atoms with Crippen LogP contribution in [0.25, 0.3) is 0 Å². The average molecular weight is 227 g/mol. The molecule has 1 N–H and O–H groups in total. The van der Waals surface area contributed by atoms with E-state index in [1.807, 2.05) is 6.08 Å². The maximum absolute atomic E-state index is 11.0. The second kappa shape index (κ2) is 10.7. The molecule has 0 aromatic heterocycles. The quantitative estimate of drug-likeness (QED) is 0.374. The molecule has 0 aromatic rings. The largest absolute Gasteiger partial charge is 0.463 e. The summed E-state index contributed by atoms with van der Waals surface area (Å²) in [7, 11) is 0. The van der Waals surface area contributed by atoms with Gasteiger partial charge in [0, 0.05) is 18.7 Å². The number of hydrogen-bond donors (Lipinski definition) is 1. The summed E-state index contributed by atoms with van der Waals surface area (Å²) in [5.74, 6) is -0.261. The van der Waals surface area contributed by atoms with E-state index in [9.17, 15) is 4.79 Å². The third-order valence-corrected chi connectivity index (χ3v) is 2.37. The van der Waals surface area contributed by atoms with Crippen molar-refractivity contribution in [1.82, 2.24) is 5.32 Å². The van der Waals surface area contributed by atoms with Crippen molar-refractivity contribution in [3.8, 4) is 0 Å². The molecular weight excluding hydrogens is 202 g/mol. The molecule has 0 aromatic carbocycles. The second-order valence-corrected chi connectivity index (χ2v) is 3.96. The SMILES string of the molecule is CCCCCC(C)NC/C=C/C(=O)OCC. The van der Waals surface area contributed by atoms with Gasteiger partial charge in [0.2, 0.25) is 0 Å². The van der Waals surface area contributed by atoms with Crippen LogP contribution in [0.5, 0.6) is 0 Å². The molecule has 3 nitrogen and oxygen atoms in total. The highest BCUT2D eigenvalue weighted by Crippen LogP contribution is 2.02. The highest BCUT2D eigenvalue weighted by Gasteiger charge is 1.98. The maximum atomic E-state index is 11.0.